The van der Waals surface area contributed by atoms with Crippen LogP contribution < -0.4 is 5.19 Å². The van der Waals surface area contributed by atoms with Gasteiger partial charge in [0, 0.05) is 43.6 Å². The molecule has 241 valence electrons. The van der Waals surface area contributed by atoms with E-state index in [9.17, 15) is 0 Å². The minimum Gasteiger partial charge on any atom is -0.486 e. The van der Waals surface area contributed by atoms with Crippen LogP contribution in [0.5, 0.6) is 0 Å². The average molecular weight is 804 g/mol. The van der Waals surface area contributed by atoms with Gasteiger partial charge in [-0.2, -0.15) is 0 Å². The van der Waals surface area contributed by atoms with Gasteiger partial charge in [0.05, 0.1) is 13.7 Å². The molecule has 0 aliphatic heterocycles. The number of furan rings is 1. The number of aromatic nitrogens is 3. The molecule has 0 saturated carbocycles. The maximum absolute atomic E-state index is 6.08. The molecule has 4 aromatic heterocycles. The second-order valence-corrected chi connectivity index (χ2v) is 18.9. The van der Waals surface area contributed by atoms with E-state index in [-0.39, 0.29) is 20.1 Å². The number of benzene rings is 2. The van der Waals surface area contributed by atoms with E-state index in [1.807, 2.05) is 49.5 Å². The van der Waals surface area contributed by atoms with E-state index in [1.165, 1.54) is 16.3 Å². The molecule has 6 aromatic rings. The first-order chi connectivity index (χ1) is 21.4. The van der Waals surface area contributed by atoms with E-state index in [2.05, 4.69) is 118 Å². The van der Waals surface area contributed by atoms with Gasteiger partial charge >= 0.3 is 0 Å². The van der Waals surface area contributed by atoms with Gasteiger partial charge in [-0.3, -0.25) is 0 Å². The Morgan fingerprint density at radius 3 is 2.28 bits per heavy atom. The van der Waals surface area contributed by atoms with Crippen molar-refractivity contribution in [3.63, 3.8) is 0 Å². The van der Waals surface area contributed by atoms with Gasteiger partial charge in [-0.1, -0.05) is 88.5 Å². The third-order valence-corrected chi connectivity index (χ3v) is 10.5. The molecular formula is C40H45IrN3OSi-2. The number of nitrogens with zero attached hydrogens (tertiary/aromatic N) is 3. The molecule has 0 N–H and O–H groups in total. The second-order valence-electron chi connectivity index (χ2n) is 13.9. The number of pyridine rings is 3. The summed E-state index contributed by atoms with van der Waals surface area (Å²) in [4.78, 5) is 13.8. The van der Waals surface area contributed by atoms with Crippen molar-refractivity contribution in [3.8, 4) is 22.5 Å². The van der Waals surface area contributed by atoms with E-state index >= 15 is 0 Å². The summed E-state index contributed by atoms with van der Waals surface area (Å²) in [7, 11) is -1.34. The maximum Gasteiger partial charge on any atom is 0.216 e. The Morgan fingerprint density at radius 1 is 0.826 bits per heavy atom. The number of hydrogen-bond donors (Lipinski definition) is 0. The summed E-state index contributed by atoms with van der Waals surface area (Å²) in [5.41, 5.74) is 9.10. The smallest absolute Gasteiger partial charge is 0.216 e. The SMILES string of the molecule is CC(C)Cc1cc(-c2[c-]cccc2)ncc1[Si](C)(C)C.Cc1ccc2c(n1)oc1c(-c3cc(C(C)C(C)C)ccn3)[c-]ccc12.[Ir]. The van der Waals surface area contributed by atoms with Gasteiger partial charge in [0.25, 0.3) is 0 Å². The molecule has 6 heteroatoms. The third-order valence-electron chi connectivity index (χ3n) is 8.41. The Morgan fingerprint density at radius 2 is 1.61 bits per heavy atom. The summed E-state index contributed by atoms with van der Waals surface area (Å²) in [5.74, 6) is 1.72. The molecule has 6 rings (SSSR count). The minimum atomic E-state index is -1.34. The predicted molar refractivity (Wildman–Crippen MR) is 192 cm³/mol. The molecule has 1 unspecified atom stereocenters. The normalized spacial score (nSPS) is 12.2. The quantitative estimate of drug-likeness (QED) is 0.119. The molecule has 0 spiro atoms. The zero-order valence-electron chi connectivity index (χ0n) is 28.5. The van der Waals surface area contributed by atoms with Crippen molar-refractivity contribution in [3.05, 3.63) is 108 Å². The fraction of sp³-hybridized carbons (Fsp3) is 0.325. The molecule has 0 saturated heterocycles. The van der Waals surface area contributed by atoms with E-state index in [1.54, 1.807) is 0 Å². The first kappa shape index (κ1) is 35.4. The van der Waals surface area contributed by atoms with Crippen molar-refractivity contribution < 1.29 is 24.5 Å². The number of fused-ring (bicyclic) bond motifs is 3. The Balaban J connectivity index is 0.000000210. The third kappa shape index (κ3) is 8.09. The van der Waals surface area contributed by atoms with Crippen LogP contribution in [0.2, 0.25) is 19.6 Å². The van der Waals surface area contributed by atoms with Crippen LogP contribution in [0.3, 0.4) is 0 Å². The van der Waals surface area contributed by atoms with E-state index in [0.717, 1.165) is 51.0 Å². The Bertz CT molecular complexity index is 1910. The van der Waals surface area contributed by atoms with Crippen LogP contribution in [-0.2, 0) is 26.5 Å². The average Bonchev–Trinajstić information content (AvgIpc) is 3.38. The minimum absolute atomic E-state index is 0. The summed E-state index contributed by atoms with van der Waals surface area (Å²) >= 11 is 0. The van der Waals surface area contributed by atoms with E-state index in [4.69, 9.17) is 4.42 Å². The topological polar surface area (TPSA) is 51.8 Å². The van der Waals surface area contributed by atoms with E-state index in [0.29, 0.717) is 23.5 Å². The van der Waals surface area contributed by atoms with Crippen molar-refractivity contribution in [2.24, 2.45) is 11.8 Å². The monoisotopic (exact) mass is 804 g/mol. The molecule has 0 aliphatic carbocycles. The van der Waals surface area contributed by atoms with Crippen LogP contribution in [0.15, 0.2) is 83.5 Å². The predicted octanol–water partition coefficient (Wildman–Crippen LogP) is 10.2. The largest absolute Gasteiger partial charge is 0.486 e. The van der Waals surface area contributed by atoms with Crippen LogP contribution in [0.4, 0.5) is 0 Å². The van der Waals surface area contributed by atoms with Crippen molar-refractivity contribution in [2.75, 3.05) is 0 Å². The van der Waals surface area contributed by atoms with Gasteiger partial charge in [0.1, 0.15) is 0 Å². The van der Waals surface area contributed by atoms with Crippen molar-refractivity contribution in [1.82, 2.24) is 15.0 Å². The molecule has 2 aromatic carbocycles. The van der Waals surface area contributed by atoms with Crippen LogP contribution in [-0.4, -0.2) is 23.0 Å². The Labute approximate surface area is 289 Å². The van der Waals surface area contributed by atoms with Crippen molar-refractivity contribution in [2.45, 2.75) is 73.5 Å². The molecule has 46 heavy (non-hydrogen) atoms. The standard InChI is InChI=1S/C22H21N2O.C18H24NSi.Ir/c1-13(2)15(4)16-10-11-23-20(12-16)19-7-5-6-17-18-9-8-14(3)24-22(18)25-21(17)19;1-14(2)11-16-12-17(15-9-7-6-8-10-15)19-13-18(16)20(3,4)5;/h5-6,8-13,15H,1-4H3;6-9,12-14H,11H2,1-5H3;/q2*-1;. The summed E-state index contributed by atoms with van der Waals surface area (Å²) in [5, 5.41) is 3.58. The molecular weight excluding hydrogens is 759 g/mol. The summed E-state index contributed by atoms with van der Waals surface area (Å²) in [6.07, 6.45) is 5.11. The number of hydrogen-bond acceptors (Lipinski definition) is 4. The van der Waals surface area contributed by atoms with Crippen LogP contribution in [0.25, 0.3) is 44.6 Å². The van der Waals surface area contributed by atoms with Crippen molar-refractivity contribution >= 4 is 35.3 Å². The van der Waals surface area contributed by atoms with Crippen LogP contribution >= 0.6 is 0 Å². The molecule has 1 radical (unpaired) electrons. The Kier molecular flexibility index (Phi) is 11.5. The van der Waals surface area contributed by atoms with Gasteiger partial charge in [-0.25, -0.2) is 4.98 Å². The second kappa shape index (κ2) is 15.0. The van der Waals surface area contributed by atoms with Gasteiger partial charge in [-0.15, -0.1) is 54.1 Å². The Hall–Kier alpha value is -3.44. The molecule has 0 amide bonds. The fourth-order valence-electron chi connectivity index (χ4n) is 5.64. The summed E-state index contributed by atoms with van der Waals surface area (Å²) in [6.45, 7) is 20.4. The molecule has 0 bridgehead atoms. The first-order valence-corrected chi connectivity index (χ1v) is 19.6. The summed E-state index contributed by atoms with van der Waals surface area (Å²) < 4.78 is 6.08. The van der Waals surface area contributed by atoms with Gasteiger partial charge in [0.15, 0.2) is 0 Å². The number of rotatable bonds is 7. The van der Waals surface area contributed by atoms with Gasteiger partial charge in [0.2, 0.25) is 5.71 Å². The maximum atomic E-state index is 6.08. The molecule has 0 fully saturated rings. The van der Waals surface area contributed by atoms with Gasteiger partial charge in [-0.05, 0) is 65.9 Å². The van der Waals surface area contributed by atoms with Crippen molar-refractivity contribution in [1.29, 1.82) is 0 Å². The fourth-order valence-corrected chi connectivity index (χ4v) is 7.23. The van der Waals surface area contributed by atoms with E-state index < -0.39 is 8.07 Å². The summed E-state index contributed by atoms with van der Waals surface area (Å²) in [6, 6.07) is 29.2. The zero-order chi connectivity index (χ0) is 32.3. The van der Waals surface area contributed by atoms with Gasteiger partial charge < -0.3 is 14.4 Å². The van der Waals surface area contributed by atoms with Crippen LogP contribution in [0, 0.1) is 30.9 Å². The first-order valence-electron chi connectivity index (χ1n) is 16.1. The molecule has 4 nitrogen and oxygen atoms in total. The zero-order valence-corrected chi connectivity index (χ0v) is 31.9. The molecule has 4 heterocycles. The van der Waals surface area contributed by atoms with Crippen LogP contribution in [0.1, 0.15) is 57.4 Å². The number of aryl methyl sites for hydroxylation is 1. The molecule has 0 aliphatic rings. The molecule has 1 atom stereocenters.